The maximum atomic E-state index is 5.63. The Balaban J connectivity index is 2.27. The monoisotopic (exact) mass is 214 g/mol. The Labute approximate surface area is 94.0 Å². The lowest BCUT2D eigenvalue weighted by Crippen LogP contribution is -2.38. The third kappa shape index (κ3) is 4.49. The Bertz CT molecular complexity index is 158. The zero-order chi connectivity index (χ0) is 11.1. The van der Waals surface area contributed by atoms with Crippen molar-refractivity contribution in [1.29, 1.82) is 0 Å². The van der Waals surface area contributed by atoms with Gasteiger partial charge in [-0.3, -0.25) is 0 Å². The third-order valence-electron chi connectivity index (χ3n) is 3.48. The Morgan fingerprint density at radius 1 is 1.40 bits per heavy atom. The van der Waals surface area contributed by atoms with Crippen LogP contribution >= 0.6 is 0 Å². The average molecular weight is 214 g/mol. The van der Waals surface area contributed by atoms with Gasteiger partial charge >= 0.3 is 0 Å². The summed E-state index contributed by atoms with van der Waals surface area (Å²) in [6, 6.07) is 0.665. The summed E-state index contributed by atoms with van der Waals surface area (Å²) in [6.45, 7) is 6.16. The van der Waals surface area contributed by atoms with Gasteiger partial charge < -0.3 is 15.4 Å². The SMILES string of the molecule is CCC(CCN)N(C)CC1CCOCC1. The highest BCUT2D eigenvalue weighted by Crippen LogP contribution is 2.17. The number of hydrogen-bond donors (Lipinski definition) is 1. The molecule has 1 fully saturated rings. The molecule has 0 bridgehead atoms. The van der Waals surface area contributed by atoms with Crippen LogP contribution in [0.25, 0.3) is 0 Å². The van der Waals surface area contributed by atoms with E-state index >= 15 is 0 Å². The molecule has 0 aromatic carbocycles. The van der Waals surface area contributed by atoms with Crippen LogP contribution in [0.15, 0.2) is 0 Å². The Morgan fingerprint density at radius 2 is 2.07 bits per heavy atom. The highest BCUT2D eigenvalue weighted by atomic mass is 16.5. The molecule has 0 saturated carbocycles. The van der Waals surface area contributed by atoms with Crippen molar-refractivity contribution in [2.75, 3.05) is 33.4 Å². The molecule has 0 amide bonds. The van der Waals surface area contributed by atoms with Gasteiger partial charge in [0.25, 0.3) is 0 Å². The first-order valence-corrected chi connectivity index (χ1v) is 6.26. The summed E-state index contributed by atoms with van der Waals surface area (Å²) in [5, 5.41) is 0. The van der Waals surface area contributed by atoms with E-state index in [0.29, 0.717) is 6.04 Å². The predicted molar refractivity (Wildman–Crippen MR) is 63.9 cm³/mol. The summed E-state index contributed by atoms with van der Waals surface area (Å²) in [6.07, 6.45) is 4.78. The smallest absolute Gasteiger partial charge is 0.0469 e. The Kier molecular flexibility index (Phi) is 6.22. The van der Waals surface area contributed by atoms with E-state index in [0.717, 1.165) is 32.1 Å². The van der Waals surface area contributed by atoms with E-state index in [9.17, 15) is 0 Å². The van der Waals surface area contributed by atoms with Crippen molar-refractivity contribution < 1.29 is 4.74 Å². The molecule has 15 heavy (non-hydrogen) atoms. The van der Waals surface area contributed by atoms with Crippen molar-refractivity contribution in [3.63, 3.8) is 0 Å². The lowest BCUT2D eigenvalue weighted by molar-refractivity contribution is 0.0495. The van der Waals surface area contributed by atoms with Gasteiger partial charge in [-0.1, -0.05) is 6.92 Å². The molecule has 1 atom stereocenters. The van der Waals surface area contributed by atoms with Crippen LogP contribution in [0.4, 0.5) is 0 Å². The van der Waals surface area contributed by atoms with Gasteiger partial charge in [0, 0.05) is 25.8 Å². The lowest BCUT2D eigenvalue weighted by atomic mass is 9.98. The van der Waals surface area contributed by atoms with Crippen LogP contribution in [0, 0.1) is 5.92 Å². The first kappa shape index (κ1) is 12.9. The molecule has 3 heteroatoms. The zero-order valence-electron chi connectivity index (χ0n) is 10.2. The van der Waals surface area contributed by atoms with Crippen molar-refractivity contribution in [1.82, 2.24) is 4.90 Å². The minimum absolute atomic E-state index is 0.665. The summed E-state index contributed by atoms with van der Waals surface area (Å²) < 4.78 is 5.38. The molecule has 1 rings (SSSR count). The molecular formula is C12H26N2O. The number of rotatable bonds is 6. The van der Waals surface area contributed by atoms with Crippen molar-refractivity contribution in [3.8, 4) is 0 Å². The van der Waals surface area contributed by atoms with E-state index in [-0.39, 0.29) is 0 Å². The second-order valence-corrected chi connectivity index (χ2v) is 4.63. The molecular weight excluding hydrogens is 188 g/mol. The van der Waals surface area contributed by atoms with E-state index in [1.165, 1.54) is 25.8 Å². The van der Waals surface area contributed by atoms with Gasteiger partial charge in [-0.15, -0.1) is 0 Å². The van der Waals surface area contributed by atoms with Crippen LogP contribution in [0.3, 0.4) is 0 Å². The minimum atomic E-state index is 0.665. The van der Waals surface area contributed by atoms with Gasteiger partial charge in [-0.25, -0.2) is 0 Å². The van der Waals surface area contributed by atoms with E-state index < -0.39 is 0 Å². The summed E-state index contributed by atoms with van der Waals surface area (Å²) >= 11 is 0. The van der Waals surface area contributed by atoms with E-state index in [1.807, 2.05) is 0 Å². The first-order chi connectivity index (χ1) is 7.27. The quantitative estimate of drug-likeness (QED) is 0.728. The topological polar surface area (TPSA) is 38.5 Å². The molecule has 3 nitrogen and oxygen atoms in total. The molecule has 0 aromatic rings. The van der Waals surface area contributed by atoms with Gasteiger partial charge in [0.2, 0.25) is 0 Å². The summed E-state index contributed by atoms with van der Waals surface area (Å²) in [5.41, 5.74) is 5.63. The van der Waals surface area contributed by atoms with Crippen molar-refractivity contribution in [2.24, 2.45) is 11.7 Å². The standard InChI is InChI=1S/C12H26N2O/c1-3-12(4-7-13)14(2)10-11-5-8-15-9-6-11/h11-12H,3-10,13H2,1-2H3. The average Bonchev–Trinajstić information content (AvgIpc) is 2.27. The molecule has 2 N–H and O–H groups in total. The molecule has 0 aromatic heterocycles. The van der Waals surface area contributed by atoms with Gasteiger partial charge in [-0.05, 0) is 45.2 Å². The maximum Gasteiger partial charge on any atom is 0.0469 e. The van der Waals surface area contributed by atoms with Crippen LogP contribution in [0.2, 0.25) is 0 Å². The van der Waals surface area contributed by atoms with E-state index in [4.69, 9.17) is 10.5 Å². The maximum absolute atomic E-state index is 5.63. The van der Waals surface area contributed by atoms with E-state index in [1.54, 1.807) is 0 Å². The molecule has 0 aliphatic carbocycles. The van der Waals surface area contributed by atoms with E-state index in [2.05, 4.69) is 18.9 Å². The van der Waals surface area contributed by atoms with Crippen LogP contribution in [-0.2, 0) is 4.74 Å². The minimum Gasteiger partial charge on any atom is -0.381 e. The molecule has 1 aliphatic rings. The summed E-state index contributed by atoms with van der Waals surface area (Å²) in [4.78, 5) is 2.49. The Hall–Kier alpha value is -0.120. The zero-order valence-corrected chi connectivity index (χ0v) is 10.2. The molecule has 1 heterocycles. The molecule has 0 spiro atoms. The number of nitrogens with two attached hydrogens (primary N) is 1. The summed E-state index contributed by atoms with van der Waals surface area (Å²) in [7, 11) is 2.24. The molecule has 1 unspecified atom stereocenters. The van der Waals surface area contributed by atoms with Gasteiger partial charge in [0.1, 0.15) is 0 Å². The van der Waals surface area contributed by atoms with Gasteiger partial charge in [0.15, 0.2) is 0 Å². The largest absolute Gasteiger partial charge is 0.381 e. The molecule has 1 saturated heterocycles. The second-order valence-electron chi connectivity index (χ2n) is 4.63. The van der Waals surface area contributed by atoms with Crippen LogP contribution in [-0.4, -0.2) is 44.3 Å². The number of ether oxygens (including phenoxy) is 1. The number of nitrogens with zero attached hydrogens (tertiary/aromatic N) is 1. The highest BCUT2D eigenvalue weighted by Gasteiger charge is 2.19. The van der Waals surface area contributed by atoms with Crippen LogP contribution < -0.4 is 5.73 Å². The van der Waals surface area contributed by atoms with Crippen molar-refractivity contribution in [3.05, 3.63) is 0 Å². The molecule has 1 aliphatic heterocycles. The summed E-state index contributed by atoms with van der Waals surface area (Å²) in [5.74, 6) is 0.829. The van der Waals surface area contributed by atoms with Crippen LogP contribution in [0.1, 0.15) is 32.6 Å². The second kappa shape index (κ2) is 7.20. The third-order valence-corrected chi connectivity index (χ3v) is 3.48. The first-order valence-electron chi connectivity index (χ1n) is 6.26. The molecule has 90 valence electrons. The van der Waals surface area contributed by atoms with Gasteiger partial charge in [-0.2, -0.15) is 0 Å². The Morgan fingerprint density at radius 3 is 2.60 bits per heavy atom. The normalized spacial score (nSPS) is 20.8. The van der Waals surface area contributed by atoms with Crippen molar-refractivity contribution in [2.45, 2.75) is 38.6 Å². The molecule has 0 radical (unpaired) electrons. The fourth-order valence-corrected chi connectivity index (χ4v) is 2.41. The van der Waals surface area contributed by atoms with Crippen LogP contribution in [0.5, 0.6) is 0 Å². The fraction of sp³-hybridized carbons (Fsp3) is 1.00. The lowest BCUT2D eigenvalue weighted by Gasteiger charge is -2.32. The van der Waals surface area contributed by atoms with Crippen molar-refractivity contribution >= 4 is 0 Å². The highest BCUT2D eigenvalue weighted by molar-refractivity contribution is 4.73. The number of hydrogen-bond acceptors (Lipinski definition) is 3. The fourth-order valence-electron chi connectivity index (χ4n) is 2.41. The van der Waals surface area contributed by atoms with Gasteiger partial charge in [0.05, 0.1) is 0 Å². The predicted octanol–water partition coefficient (Wildman–Crippen LogP) is 1.47.